The standard InChI is InChI=1S/C19H23NO/c21-19-8-4-7-18(15-19)17-10-13-20(14-11-17)12-9-16-5-2-1-3-6-16/h1-8,15,17,21H,9-14H2. The van der Waals surface area contributed by atoms with Crippen molar-refractivity contribution in [2.75, 3.05) is 19.6 Å². The van der Waals surface area contributed by atoms with Crippen LogP contribution >= 0.6 is 0 Å². The van der Waals surface area contributed by atoms with Crippen molar-refractivity contribution in [3.8, 4) is 5.75 Å². The van der Waals surface area contributed by atoms with Gasteiger partial charge in [0.05, 0.1) is 0 Å². The summed E-state index contributed by atoms with van der Waals surface area (Å²) in [4.78, 5) is 2.56. The van der Waals surface area contributed by atoms with Gasteiger partial charge in [0.2, 0.25) is 0 Å². The molecule has 0 atom stereocenters. The molecule has 1 heterocycles. The summed E-state index contributed by atoms with van der Waals surface area (Å²) in [5.41, 5.74) is 2.71. The van der Waals surface area contributed by atoms with Gasteiger partial charge in [-0.3, -0.25) is 0 Å². The van der Waals surface area contributed by atoms with Crippen LogP contribution in [-0.2, 0) is 6.42 Å². The Morgan fingerprint density at radius 2 is 1.71 bits per heavy atom. The number of benzene rings is 2. The zero-order chi connectivity index (χ0) is 14.5. The Bertz CT molecular complexity index is 559. The Hall–Kier alpha value is -1.80. The highest BCUT2D eigenvalue weighted by Crippen LogP contribution is 2.29. The van der Waals surface area contributed by atoms with Crippen molar-refractivity contribution in [3.63, 3.8) is 0 Å². The third-order valence-corrected chi connectivity index (χ3v) is 4.49. The third kappa shape index (κ3) is 3.85. The van der Waals surface area contributed by atoms with Crippen LogP contribution in [0.1, 0.15) is 29.9 Å². The lowest BCUT2D eigenvalue weighted by Gasteiger charge is -2.32. The predicted octanol–water partition coefficient (Wildman–Crippen LogP) is 3.81. The zero-order valence-corrected chi connectivity index (χ0v) is 12.4. The molecule has 2 nitrogen and oxygen atoms in total. The SMILES string of the molecule is Oc1cccc(C2CCN(CCc3ccccc3)CC2)c1. The van der Waals surface area contributed by atoms with Gasteiger partial charge in [-0.05, 0) is 61.5 Å². The fraction of sp³-hybridized carbons (Fsp3) is 0.368. The van der Waals surface area contributed by atoms with Gasteiger partial charge in [0.1, 0.15) is 5.75 Å². The van der Waals surface area contributed by atoms with E-state index in [0.717, 1.165) is 26.1 Å². The highest BCUT2D eigenvalue weighted by atomic mass is 16.3. The average Bonchev–Trinajstić information content (AvgIpc) is 2.54. The fourth-order valence-electron chi connectivity index (χ4n) is 3.20. The van der Waals surface area contributed by atoms with Crippen LogP contribution in [0.5, 0.6) is 5.75 Å². The molecule has 1 fully saturated rings. The number of nitrogens with zero attached hydrogens (tertiary/aromatic N) is 1. The topological polar surface area (TPSA) is 23.5 Å². The van der Waals surface area contributed by atoms with Crippen molar-refractivity contribution in [2.45, 2.75) is 25.2 Å². The van der Waals surface area contributed by atoms with E-state index in [1.54, 1.807) is 6.07 Å². The van der Waals surface area contributed by atoms with Gasteiger partial charge >= 0.3 is 0 Å². The maximum absolute atomic E-state index is 9.60. The first-order chi connectivity index (χ1) is 10.3. The molecule has 2 heteroatoms. The van der Waals surface area contributed by atoms with Crippen LogP contribution in [0.3, 0.4) is 0 Å². The van der Waals surface area contributed by atoms with Crippen molar-refractivity contribution < 1.29 is 5.11 Å². The van der Waals surface area contributed by atoms with Gasteiger partial charge in [0, 0.05) is 6.54 Å². The van der Waals surface area contributed by atoms with E-state index in [0.29, 0.717) is 11.7 Å². The molecule has 0 bridgehead atoms. The molecule has 0 aromatic heterocycles. The van der Waals surface area contributed by atoms with E-state index in [-0.39, 0.29) is 0 Å². The second-order valence-electron chi connectivity index (χ2n) is 5.95. The Labute approximate surface area is 127 Å². The van der Waals surface area contributed by atoms with E-state index in [2.05, 4.69) is 41.3 Å². The van der Waals surface area contributed by atoms with Crippen molar-refractivity contribution in [1.29, 1.82) is 0 Å². The molecule has 3 rings (SSSR count). The second kappa shape index (κ2) is 6.77. The molecular formula is C19H23NO. The monoisotopic (exact) mass is 281 g/mol. The molecule has 110 valence electrons. The molecule has 1 saturated heterocycles. The summed E-state index contributed by atoms with van der Waals surface area (Å²) in [5, 5.41) is 9.60. The lowest BCUT2D eigenvalue weighted by Crippen LogP contribution is -2.34. The minimum absolute atomic E-state index is 0.388. The van der Waals surface area contributed by atoms with Gasteiger partial charge in [-0.1, -0.05) is 42.5 Å². The Kier molecular flexibility index (Phi) is 4.56. The van der Waals surface area contributed by atoms with Gasteiger partial charge < -0.3 is 10.0 Å². The van der Waals surface area contributed by atoms with E-state index >= 15 is 0 Å². The Morgan fingerprint density at radius 1 is 0.952 bits per heavy atom. The van der Waals surface area contributed by atoms with Crippen molar-refractivity contribution in [3.05, 3.63) is 65.7 Å². The van der Waals surface area contributed by atoms with Gasteiger partial charge in [-0.2, -0.15) is 0 Å². The normalized spacial score (nSPS) is 17.0. The number of phenols is 1. The summed E-state index contributed by atoms with van der Waals surface area (Å²) in [6, 6.07) is 18.5. The van der Waals surface area contributed by atoms with E-state index in [1.807, 2.05) is 12.1 Å². The molecular weight excluding hydrogens is 258 g/mol. The van der Waals surface area contributed by atoms with E-state index in [9.17, 15) is 5.11 Å². The number of piperidine rings is 1. The summed E-state index contributed by atoms with van der Waals surface area (Å²) < 4.78 is 0. The summed E-state index contributed by atoms with van der Waals surface area (Å²) in [6.45, 7) is 3.47. The van der Waals surface area contributed by atoms with Crippen LogP contribution in [0.4, 0.5) is 0 Å². The summed E-state index contributed by atoms with van der Waals surface area (Å²) in [6.07, 6.45) is 3.52. The Morgan fingerprint density at radius 3 is 2.43 bits per heavy atom. The summed E-state index contributed by atoms with van der Waals surface area (Å²) in [5.74, 6) is 0.990. The molecule has 1 aliphatic heterocycles. The second-order valence-corrected chi connectivity index (χ2v) is 5.95. The van der Waals surface area contributed by atoms with Gasteiger partial charge in [0.25, 0.3) is 0 Å². The molecule has 0 radical (unpaired) electrons. The minimum Gasteiger partial charge on any atom is -0.508 e. The number of likely N-dealkylation sites (tertiary alicyclic amines) is 1. The minimum atomic E-state index is 0.388. The highest BCUT2D eigenvalue weighted by Gasteiger charge is 2.20. The van der Waals surface area contributed by atoms with Crippen LogP contribution in [0.25, 0.3) is 0 Å². The molecule has 21 heavy (non-hydrogen) atoms. The van der Waals surface area contributed by atoms with Crippen LogP contribution in [0.2, 0.25) is 0 Å². The number of phenolic OH excluding ortho intramolecular Hbond substituents is 1. The van der Waals surface area contributed by atoms with Crippen LogP contribution in [0.15, 0.2) is 54.6 Å². The van der Waals surface area contributed by atoms with Crippen molar-refractivity contribution >= 4 is 0 Å². The summed E-state index contributed by atoms with van der Waals surface area (Å²) in [7, 11) is 0. The smallest absolute Gasteiger partial charge is 0.115 e. The fourth-order valence-corrected chi connectivity index (χ4v) is 3.20. The number of hydrogen-bond acceptors (Lipinski definition) is 2. The van der Waals surface area contributed by atoms with Crippen molar-refractivity contribution in [1.82, 2.24) is 4.90 Å². The molecule has 2 aromatic rings. The molecule has 0 aliphatic carbocycles. The maximum Gasteiger partial charge on any atom is 0.115 e. The quantitative estimate of drug-likeness (QED) is 0.921. The largest absolute Gasteiger partial charge is 0.508 e. The van der Waals surface area contributed by atoms with E-state index in [1.165, 1.54) is 24.0 Å². The molecule has 0 saturated carbocycles. The number of rotatable bonds is 4. The predicted molar refractivity (Wildman–Crippen MR) is 86.7 cm³/mol. The number of aromatic hydroxyl groups is 1. The third-order valence-electron chi connectivity index (χ3n) is 4.49. The molecule has 0 amide bonds. The van der Waals surface area contributed by atoms with Crippen LogP contribution in [-0.4, -0.2) is 29.6 Å². The first kappa shape index (κ1) is 14.2. The summed E-state index contributed by atoms with van der Waals surface area (Å²) >= 11 is 0. The average molecular weight is 281 g/mol. The van der Waals surface area contributed by atoms with Gasteiger partial charge in [-0.15, -0.1) is 0 Å². The molecule has 0 unspecified atom stereocenters. The number of hydrogen-bond donors (Lipinski definition) is 1. The highest BCUT2D eigenvalue weighted by molar-refractivity contribution is 5.30. The molecule has 1 N–H and O–H groups in total. The Balaban J connectivity index is 1.49. The first-order valence-electron chi connectivity index (χ1n) is 7.86. The zero-order valence-electron chi connectivity index (χ0n) is 12.4. The maximum atomic E-state index is 9.60. The van der Waals surface area contributed by atoms with Crippen LogP contribution in [0, 0.1) is 0 Å². The van der Waals surface area contributed by atoms with Gasteiger partial charge in [-0.25, -0.2) is 0 Å². The lowest BCUT2D eigenvalue weighted by molar-refractivity contribution is 0.214. The van der Waals surface area contributed by atoms with Crippen molar-refractivity contribution in [2.24, 2.45) is 0 Å². The molecule has 0 spiro atoms. The van der Waals surface area contributed by atoms with E-state index in [4.69, 9.17) is 0 Å². The first-order valence-corrected chi connectivity index (χ1v) is 7.86. The van der Waals surface area contributed by atoms with Crippen LogP contribution < -0.4 is 0 Å². The molecule has 2 aromatic carbocycles. The molecule has 1 aliphatic rings. The van der Waals surface area contributed by atoms with Gasteiger partial charge in [0.15, 0.2) is 0 Å². The van der Waals surface area contributed by atoms with E-state index < -0.39 is 0 Å². The lowest BCUT2D eigenvalue weighted by atomic mass is 9.89.